The molecule has 1 fully saturated rings. The molecular weight excluding hydrogens is 824 g/mol. The summed E-state index contributed by atoms with van der Waals surface area (Å²) in [5, 5.41) is 50.2. The van der Waals surface area contributed by atoms with E-state index in [0.717, 1.165) is 103 Å². The first-order valence-electron chi connectivity index (χ1n) is 23.9. The third-order valence-corrected chi connectivity index (χ3v) is 11.5. The van der Waals surface area contributed by atoms with E-state index in [9.17, 15) is 39.8 Å². The van der Waals surface area contributed by atoms with E-state index >= 15 is 0 Å². The molecule has 1 saturated carbocycles. The minimum Gasteiger partial charge on any atom is -0.457 e. The van der Waals surface area contributed by atoms with Crippen molar-refractivity contribution in [1.82, 2.24) is 0 Å². The summed E-state index contributed by atoms with van der Waals surface area (Å²) in [6.45, 7) is 4.03. The van der Waals surface area contributed by atoms with Crippen LogP contribution in [0.1, 0.15) is 162 Å². The van der Waals surface area contributed by atoms with Gasteiger partial charge in [-0.15, -0.1) is 0 Å². The molecule has 0 saturated heterocycles. The van der Waals surface area contributed by atoms with Gasteiger partial charge in [-0.25, -0.2) is 4.57 Å². The third kappa shape index (κ3) is 31.9. The summed E-state index contributed by atoms with van der Waals surface area (Å²) >= 11 is 0. The van der Waals surface area contributed by atoms with Crippen LogP contribution in [0, 0.1) is 0 Å². The number of carbonyl (C=O) groups is 1. The number of unbranched alkanes of at least 4 members (excludes halogenated alkanes) is 13. The van der Waals surface area contributed by atoms with Crippen LogP contribution in [0.25, 0.3) is 0 Å². The molecule has 1 aliphatic rings. The molecule has 0 amide bonds. The lowest BCUT2D eigenvalue weighted by molar-refractivity contribution is -0.220. The van der Waals surface area contributed by atoms with E-state index < -0.39 is 63.1 Å². The van der Waals surface area contributed by atoms with Gasteiger partial charge in [0, 0.05) is 13.0 Å². The number of esters is 1. The summed E-state index contributed by atoms with van der Waals surface area (Å²) in [5.41, 5.74) is 0. The van der Waals surface area contributed by atoms with Crippen LogP contribution < -0.4 is 0 Å². The number of phosphoric acid groups is 1. The highest BCUT2D eigenvalue weighted by molar-refractivity contribution is 7.47. The van der Waals surface area contributed by atoms with Crippen molar-refractivity contribution < 1.29 is 58.3 Å². The Kier molecular flexibility index (Phi) is 37.0. The van der Waals surface area contributed by atoms with Gasteiger partial charge in [-0.05, 0) is 89.9 Å². The zero-order chi connectivity index (χ0) is 46.2. The number of aliphatic hydroxyl groups is 5. The van der Waals surface area contributed by atoms with Crippen LogP contribution in [0.15, 0.2) is 85.1 Å². The van der Waals surface area contributed by atoms with Crippen LogP contribution in [0.5, 0.6) is 0 Å². The molecule has 0 aromatic heterocycles. The first-order chi connectivity index (χ1) is 30.5. The minimum atomic E-state index is -5.04. The monoisotopic (exact) mass is 909 g/mol. The normalized spacial score (nSPS) is 22.6. The fourth-order valence-electron chi connectivity index (χ4n) is 6.70. The Morgan fingerprint density at radius 2 is 0.937 bits per heavy atom. The van der Waals surface area contributed by atoms with Gasteiger partial charge in [0.2, 0.25) is 0 Å². The summed E-state index contributed by atoms with van der Waals surface area (Å²) in [6.07, 6.45) is 40.8. The van der Waals surface area contributed by atoms with Crippen LogP contribution in [0.3, 0.4) is 0 Å². The lowest BCUT2D eigenvalue weighted by Gasteiger charge is -2.41. The van der Waals surface area contributed by atoms with Crippen LogP contribution in [-0.4, -0.2) is 98.9 Å². The van der Waals surface area contributed by atoms with Crippen LogP contribution in [0.2, 0.25) is 0 Å². The van der Waals surface area contributed by atoms with Crippen molar-refractivity contribution in [1.29, 1.82) is 0 Å². The molecule has 0 aromatic rings. The topological polar surface area (TPSA) is 192 Å². The Bertz CT molecular complexity index is 1360. The highest BCUT2D eigenvalue weighted by Gasteiger charge is 2.51. The molecule has 0 aliphatic heterocycles. The van der Waals surface area contributed by atoms with Crippen molar-refractivity contribution in [2.75, 3.05) is 19.8 Å². The zero-order valence-electron chi connectivity index (χ0n) is 38.6. The molecule has 0 heterocycles. The second kappa shape index (κ2) is 39.8. The molecule has 13 heteroatoms. The minimum absolute atomic E-state index is 0.108. The quantitative estimate of drug-likeness (QED) is 0.0148. The van der Waals surface area contributed by atoms with Gasteiger partial charge in [0.15, 0.2) is 0 Å². The molecular formula is C50H85O12P. The molecule has 0 radical (unpaired) electrons. The second-order valence-electron chi connectivity index (χ2n) is 16.2. The second-order valence-corrected chi connectivity index (χ2v) is 17.6. The number of aliphatic hydroxyl groups excluding tert-OH is 5. The SMILES string of the molecule is CC/C=C\C/C=C\C/C=C\C/C=C\C/C=C\C/C=C\CCCCCOCC(COP(=O)(O)OC1C(O)C(O)C(O)C(O)C1O)OC(=O)CCCCCCC/C=C\CCCCCCC. The Labute approximate surface area is 380 Å². The number of allylic oxidation sites excluding steroid dienone is 14. The number of phosphoric ester groups is 1. The highest BCUT2D eigenvalue weighted by Crippen LogP contribution is 2.47. The Morgan fingerprint density at radius 3 is 1.44 bits per heavy atom. The van der Waals surface area contributed by atoms with Gasteiger partial charge in [-0.3, -0.25) is 13.8 Å². The maximum atomic E-state index is 12.8. The van der Waals surface area contributed by atoms with E-state index in [-0.39, 0.29) is 13.0 Å². The third-order valence-electron chi connectivity index (χ3n) is 10.5. The van der Waals surface area contributed by atoms with Crippen molar-refractivity contribution in [3.05, 3.63) is 85.1 Å². The van der Waals surface area contributed by atoms with E-state index in [1.165, 1.54) is 32.1 Å². The molecule has 1 rings (SSSR count). The van der Waals surface area contributed by atoms with Gasteiger partial charge in [0.1, 0.15) is 42.7 Å². The fraction of sp³-hybridized carbons (Fsp3) is 0.700. The first kappa shape index (κ1) is 58.5. The van der Waals surface area contributed by atoms with Gasteiger partial charge in [0.25, 0.3) is 0 Å². The Morgan fingerprint density at radius 1 is 0.524 bits per heavy atom. The highest BCUT2D eigenvalue weighted by atomic mass is 31.2. The zero-order valence-corrected chi connectivity index (χ0v) is 39.5. The summed E-state index contributed by atoms with van der Waals surface area (Å²) < 4.78 is 34.2. The molecule has 6 unspecified atom stereocenters. The van der Waals surface area contributed by atoms with E-state index in [1.807, 2.05) is 0 Å². The number of ether oxygens (including phenoxy) is 2. The Balaban J connectivity index is 2.42. The predicted octanol–water partition coefficient (Wildman–Crippen LogP) is 10.1. The Hall–Kier alpha value is -2.48. The predicted molar refractivity (Wildman–Crippen MR) is 253 cm³/mol. The molecule has 0 spiro atoms. The molecule has 362 valence electrons. The average Bonchev–Trinajstić information content (AvgIpc) is 3.27. The molecule has 63 heavy (non-hydrogen) atoms. The van der Waals surface area contributed by atoms with E-state index in [0.29, 0.717) is 13.0 Å². The van der Waals surface area contributed by atoms with Crippen molar-refractivity contribution in [2.24, 2.45) is 0 Å². The van der Waals surface area contributed by atoms with Crippen LogP contribution in [0.4, 0.5) is 0 Å². The van der Waals surface area contributed by atoms with Crippen molar-refractivity contribution in [2.45, 2.75) is 204 Å². The first-order valence-corrected chi connectivity index (χ1v) is 25.4. The van der Waals surface area contributed by atoms with Crippen molar-refractivity contribution >= 4 is 13.8 Å². The standard InChI is InChI=1S/C50H85O12P/c1-3-5-7-9-11-13-15-17-19-20-21-22-23-24-25-26-28-30-32-34-36-38-40-59-41-43(42-60-63(57,58)62-50-48(55)46(53)45(52)47(54)49(50)56)61-44(51)39-37-35-33-31-29-27-18-16-14-12-10-8-6-4-2/h5,7,11,13,16-19,21-22,24-25,28,30,43,45-50,52-56H,3-4,6,8-10,12,14-15,20,23,26-27,29,31-42H2,1-2H3,(H,57,58)/b7-5-,13-11-,18-16-,19-17-,22-21-,25-24-,30-28-. The molecule has 6 N–H and O–H groups in total. The van der Waals surface area contributed by atoms with Gasteiger partial charge in [-0.1, -0.05) is 150 Å². The van der Waals surface area contributed by atoms with Crippen LogP contribution >= 0.6 is 7.82 Å². The molecule has 0 bridgehead atoms. The summed E-state index contributed by atoms with van der Waals surface area (Å²) in [5.74, 6) is -0.502. The summed E-state index contributed by atoms with van der Waals surface area (Å²) in [6, 6.07) is 0. The van der Waals surface area contributed by atoms with E-state index in [4.69, 9.17) is 18.5 Å². The number of rotatable bonds is 39. The summed E-state index contributed by atoms with van der Waals surface area (Å²) in [4.78, 5) is 23.2. The lowest BCUT2D eigenvalue weighted by atomic mass is 9.85. The maximum absolute atomic E-state index is 12.8. The van der Waals surface area contributed by atoms with Gasteiger partial charge < -0.3 is 39.9 Å². The van der Waals surface area contributed by atoms with Crippen molar-refractivity contribution in [3.8, 4) is 0 Å². The number of hydrogen-bond acceptors (Lipinski definition) is 11. The van der Waals surface area contributed by atoms with E-state index in [2.05, 4.69) is 98.9 Å². The average molecular weight is 909 g/mol. The van der Waals surface area contributed by atoms with Crippen LogP contribution in [-0.2, 0) is 27.9 Å². The molecule has 12 nitrogen and oxygen atoms in total. The van der Waals surface area contributed by atoms with Crippen molar-refractivity contribution in [3.63, 3.8) is 0 Å². The van der Waals surface area contributed by atoms with E-state index in [1.54, 1.807) is 0 Å². The molecule has 0 aromatic carbocycles. The molecule has 1 aliphatic carbocycles. The largest absolute Gasteiger partial charge is 0.472 e. The van der Waals surface area contributed by atoms with Gasteiger partial charge in [-0.2, -0.15) is 0 Å². The smallest absolute Gasteiger partial charge is 0.457 e. The van der Waals surface area contributed by atoms with Gasteiger partial charge >= 0.3 is 13.8 Å². The molecule has 6 atom stereocenters. The number of carbonyl (C=O) groups excluding carboxylic acids is 1. The number of hydrogen-bond donors (Lipinski definition) is 6. The van der Waals surface area contributed by atoms with Gasteiger partial charge in [0.05, 0.1) is 13.2 Å². The fourth-order valence-corrected chi connectivity index (χ4v) is 7.68. The summed E-state index contributed by atoms with van der Waals surface area (Å²) in [7, 11) is -5.04. The lowest BCUT2D eigenvalue weighted by Crippen LogP contribution is -2.64. The maximum Gasteiger partial charge on any atom is 0.472 e.